The average molecular weight is 158 g/mol. The van der Waals surface area contributed by atoms with Gasteiger partial charge in [0.15, 0.2) is 0 Å². The summed E-state index contributed by atoms with van der Waals surface area (Å²) in [5.41, 5.74) is 0. The molecule has 2 atom stereocenters. The maximum absolute atomic E-state index is 3.47. The lowest BCUT2D eigenvalue weighted by molar-refractivity contribution is 0.461. The first-order valence-electron chi connectivity index (χ1n) is 4.61. The first-order valence-corrected chi connectivity index (χ1v) is 4.61. The number of rotatable bonds is 6. The van der Waals surface area contributed by atoms with E-state index in [1.807, 2.05) is 7.05 Å². The van der Waals surface area contributed by atoms with Crippen LogP contribution in [0.4, 0.5) is 0 Å². The molecule has 0 saturated carbocycles. The second-order valence-corrected chi connectivity index (χ2v) is 3.29. The molecule has 0 aliphatic heterocycles. The summed E-state index contributed by atoms with van der Waals surface area (Å²) in [6.45, 7) is 7.72. The van der Waals surface area contributed by atoms with Gasteiger partial charge in [-0.15, -0.1) is 0 Å². The molecule has 0 aromatic heterocycles. The minimum atomic E-state index is 0.578. The Labute approximate surface area is 70.8 Å². The van der Waals surface area contributed by atoms with Gasteiger partial charge < -0.3 is 10.6 Å². The Kier molecular flexibility index (Phi) is 6.57. The molecule has 0 bridgehead atoms. The van der Waals surface area contributed by atoms with Gasteiger partial charge in [0.25, 0.3) is 0 Å². The lowest BCUT2D eigenvalue weighted by Crippen LogP contribution is -2.38. The van der Waals surface area contributed by atoms with Crippen molar-refractivity contribution in [1.29, 1.82) is 0 Å². The maximum Gasteiger partial charge on any atom is 0.0161 e. The fourth-order valence-electron chi connectivity index (χ4n) is 1.02. The highest BCUT2D eigenvalue weighted by atomic mass is 15.0. The standard InChI is InChI=1S/C9H22N2/c1-5-6-8(2)11-7-9(3)10-4/h8-11H,5-7H2,1-4H3. The molecular weight excluding hydrogens is 136 g/mol. The van der Waals surface area contributed by atoms with Crippen molar-refractivity contribution in [3.63, 3.8) is 0 Å². The van der Waals surface area contributed by atoms with Crippen molar-refractivity contribution in [3.8, 4) is 0 Å². The predicted octanol–water partition coefficient (Wildman–Crippen LogP) is 1.37. The molecule has 0 heterocycles. The van der Waals surface area contributed by atoms with Crippen LogP contribution in [0.1, 0.15) is 33.6 Å². The van der Waals surface area contributed by atoms with Gasteiger partial charge in [-0.1, -0.05) is 13.3 Å². The van der Waals surface area contributed by atoms with Crippen LogP contribution in [0.5, 0.6) is 0 Å². The fraction of sp³-hybridized carbons (Fsp3) is 1.00. The molecule has 2 N–H and O–H groups in total. The van der Waals surface area contributed by atoms with Crippen LogP contribution in [0.2, 0.25) is 0 Å². The van der Waals surface area contributed by atoms with Gasteiger partial charge >= 0.3 is 0 Å². The van der Waals surface area contributed by atoms with Crippen LogP contribution in [-0.4, -0.2) is 25.7 Å². The molecule has 0 fully saturated rings. The minimum absolute atomic E-state index is 0.578. The van der Waals surface area contributed by atoms with E-state index in [1.54, 1.807) is 0 Å². The van der Waals surface area contributed by atoms with Crippen molar-refractivity contribution in [2.24, 2.45) is 0 Å². The molecule has 2 nitrogen and oxygen atoms in total. The molecule has 0 rings (SSSR count). The monoisotopic (exact) mass is 158 g/mol. The molecule has 0 amide bonds. The number of nitrogens with one attached hydrogen (secondary N) is 2. The third-order valence-corrected chi connectivity index (χ3v) is 1.99. The van der Waals surface area contributed by atoms with Gasteiger partial charge in [-0.25, -0.2) is 0 Å². The summed E-state index contributed by atoms with van der Waals surface area (Å²) in [5.74, 6) is 0. The van der Waals surface area contributed by atoms with Crippen LogP contribution in [0, 0.1) is 0 Å². The van der Waals surface area contributed by atoms with E-state index in [1.165, 1.54) is 12.8 Å². The molecule has 0 saturated heterocycles. The van der Waals surface area contributed by atoms with E-state index in [9.17, 15) is 0 Å². The lowest BCUT2D eigenvalue weighted by Gasteiger charge is -2.16. The molecular formula is C9H22N2. The molecule has 11 heavy (non-hydrogen) atoms. The predicted molar refractivity (Wildman–Crippen MR) is 50.9 cm³/mol. The van der Waals surface area contributed by atoms with E-state index >= 15 is 0 Å². The SMILES string of the molecule is CCCC(C)NCC(C)NC. The van der Waals surface area contributed by atoms with Crippen molar-refractivity contribution < 1.29 is 0 Å². The Bertz CT molecular complexity index is 83.6. The summed E-state index contributed by atoms with van der Waals surface area (Å²) in [4.78, 5) is 0. The first kappa shape index (κ1) is 10.9. The smallest absolute Gasteiger partial charge is 0.0161 e. The summed E-state index contributed by atoms with van der Waals surface area (Å²) >= 11 is 0. The Morgan fingerprint density at radius 1 is 1.18 bits per heavy atom. The van der Waals surface area contributed by atoms with E-state index < -0.39 is 0 Å². The normalized spacial score (nSPS) is 16.4. The highest BCUT2D eigenvalue weighted by molar-refractivity contribution is 4.65. The molecule has 0 spiro atoms. The summed E-state index contributed by atoms with van der Waals surface area (Å²) in [7, 11) is 2.00. The quantitative estimate of drug-likeness (QED) is 0.610. The van der Waals surface area contributed by atoms with Gasteiger partial charge in [0.1, 0.15) is 0 Å². The summed E-state index contributed by atoms with van der Waals surface area (Å²) in [6.07, 6.45) is 2.54. The Balaban J connectivity index is 3.22. The van der Waals surface area contributed by atoms with Crippen molar-refractivity contribution >= 4 is 0 Å². The lowest BCUT2D eigenvalue weighted by atomic mass is 10.2. The third-order valence-electron chi connectivity index (χ3n) is 1.99. The molecule has 0 aromatic rings. The van der Waals surface area contributed by atoms with E-state index in [0.29, 0.717) is 12.1 Å². The largest absolute Gasteiger partial charge is 0.316 e. The molecule has 0 aromatic carbocycles. The molecule has 68 valence electrons. The van der Waals surface area contributed by atoms with Gasteiger partial charge in [-0.05, 0) is 27.3 Å². The number of hydrogen-bond donors (Lipinski definition) is 2. The zero-order valence-corrected chi connectivity index (χ0v) is 8.28. The molecule has 0 aliphatic carbocycles. The van der Waals surface area contributed by atoms with Crippen molar-refractivity contribution in [2.75, 3.05) is 13.6 Å². The van der Waals surface area contributed by atoms with E-state index in [4.69, 9.17) is 0 Å². The Hall–Kier alpha value is -0.0800. The minimum Gasteiger partial charge on any atom is -0.316 e. The summed E-state index contributed by atoms with van der Waals surface area (Å²) in [5, 5.41) is 6.67. The number of hydrogen-bond acceptors (Lipinski definition) is 2. The zero-order valence-electron chi connectivity index (χ0n) is 8.28. The highest BCUT2D eigenvalue weighted by Gasteiger charge is 2.01. The van der Waals surface area contributed by atoms with E-state index in [2.05, 4.69) is 31.4 Å². The van der Waals surface area contributed by atoms with Crippen LogP contribution in [0.3, 0.4) is 0 Å². The Morgan fingerprint density at radius 2 is 1.82 bits per heavy atom. The van der Waals surface area contributed by atoms with Crippen LogP contribution >= 0.6 is 0 Å². The van der Waals surface area contributed by atoms with Crippen molar-refractivity contribution in [2.45, 2.75) is 45.7 Å². The third kappa shape index (κ3) is 6.32. The second kappa shape index (κ2) is 6.62. The highest BCUT2D eigenvalue weighted by Crippen LogP contribution is 1.94. The maximum atomic E-state index is 3.47. The fourth-order valence-corrected chi connectivity index (χ4v) is 1.02. The van der Waals surface area contributed by atoms with Crippen LogP contribution < -0.4 is 10.6 Å². The molecule has 0 aliphatic rings. The molecule has 2 heteroatoms. The topological polar surface area (TPSA) is 24.1 Å². The van der Waals surface area contributed by atoms with Crippen LogP contribution in [-0.2, 0) is 0 Å². The van der Waals surface area contributed by atoms with Gasteiger partial charge in [0, 0.05) is 18.6 Å². The van der Waals surface area contributed by atoms with Gasteiger partial charge in [-0.3, -0.25) is 0 Å². The molecule has 0 radical (unpaired) electrons. The first-order chi connectivity index (χ1) is 5.20. The van der Waals surface area contributed by atoms with Crippen LogP contribution in [0.15, 0.2) is 0 Å². The van der Waals surface area contributed by atoms with E-state index in [-0.39, 0.29) is 0 Å². The second-order valence-electron chi connectivity index (χ2n) is 3.29. The van der Waals surface area contributed by atoms with Gasteiger partial charge in [0.05, 0.1) is 0 Å². The zero-order chi connectivity index (χ0) is 8.69. The average Bonchev–Trinajstić information content (AvgIpc) is 2.01. The number of likely N-dealkylation sites (N-methyl/N-ethyl adjacent to an activating group) is 1. The van der Waals surface area contributed by atoms with Gasteiger partial charge in [-0.2, -0.15) is 0 Å². The van der Waals surface area contributed by atoms with E-state index in [0.717, 1.165) is 6.54 Å². The summed E-state index contributed by atoms with van der Waals surface area (Å²) < 4.78 is 0. The molecule has 2 unspecified atom stereocenters. The van der Waals surface area contributed by atoms with Gasteiger partial charge in [0.2, 0.25) is 0 Å². The van der Waals surface area contributed by atoms with Crippen LogP contribution in [0.25, 0.3) is 0 Å². The van der Waals surface area contributed by atoms with Crippen molar-refractivity contribution in [1.82, 2.24) is 10.6 Å². The summed E-state index contributed by atoms with van der Waals surface area (Å²) in [6, 6.07) is 1.24. The Morgan fingerprint density at radius 3 is 2.27 bits per heavy atom. The van der Waals surface area contributed by atoms with Crippen molar-refractivity contribution in [3.05, 3.63) is 0 Å².